The highest BCUT2D eigenvalue weighted by Gasteiger charge is 2.12. The minimum atomic E-state index is -0.464. The number of furan rings is 1. The second-order valence-corrected chi connectivity index (χ2v) is 5.88. The Kier molecular flexibility index (Phi) is 6.47. The highest BCUT2D eigenvalue weighted by atomic mass is 16.6. The first-order valence-electron chi connectivity index (χ1n) is 8.88. The van der Waals surface area contributed by atoms with Gasteiger partial charge < -0.3 is 18.6 Å². The maximum atomic E-state index is 12.2. The van der Waals surface area contributed by atoms with Crippen LogP contribution in [0, 0.1) is 0 Å². The van der Waals surface area contributed by atoms with Crippen LogP contribution in [0.5, 0.6) is 11.5 Å². The third-order valence-corrected chi connectivity index (χ3v) is 3.87. The van der Waals surface area contributed by atoms with Gasteiger partial charge in [0.05, 0.1) is 19.9 Å². The summed E-state index contributed by atoms with van der Waals surface area (Å²) in [5.41, 5.74) is 3.75. The number of hydrogen-bond donors (Lipinski definition) is 1. The van der Waals surface area contributed by atoms with E-state index in [2.05, 4.69) is 15.3 Å². The van der Waals surface area contributed by atoms with E-state index in [1.54, 1.807) is 42.5 Å². The van der Waals surface area contributed by atoms with Crippen molar-refractivity contribution in [3.63, 3.8) is 0 Å². The van der Waals surface area contributed by atoms with Crippen LogP contribution in [-0.4, -0.2) is 38.4 Å². The Hall–Kier alpha value is -3.81. The van der Waals surface area contributed by atoms with Gasteiger partial charge in [0.2, 0.25) is 0 Å². The molecule has 0 unspecified atom stereocenters. The Morgan fingerprint density at radius 2 is 1.83 bits per heavy atom. The van der Waals surface area contributed by atoms with Gasteiger partial charge in [-0.05, 0) is 61.0 Å². The van der Waals surface area contributed by atoms with Crippen molar-refractivity contribution in [2.45, 2.75) is 6.92 Å². The van der Waals surface area contributed by atoms with Crippen molar-refractivity contribution in [3.8, 4) is 11.5 Å². The molecule has 8 heteroatoms. The molecular weight excluding hydrogens is 376 g/mol. The van der Waals surface area contributed by atoms with Gasteiger partial charge >= 0.3 is 11.9 Å². The maximum absolute atomic E-state index is 12.2. The Morgan fingerprint density at radius 3 is 2.55 bits per heavy atom. The molecule has 29 heavy (non-hydrogen) atoms. The number of esters is 1. The molecule has 0 radical (unpaired) electrons. The average Bonchev–Trinajstić information content (AvgIpc) is 3.16. The normalized spacial score (nSPS) is 10.8. The lowest BCUT2D eigenvalue weighted by Crippen LogP contribution is -2.16. The molecule has 0 aliphatic heterocycles. The van der Waals surface area contributed by atoms with Crippen LogP contribution in [0.3, 0.4) is 0 Å². The van der Waals surface area contributed by atoms with Crippen molar-refractivity contribution in [1.82, 2.24) is 5.43 Å². The van der Waals surface area contributed by atoms with Gasteiger partial charge in [-0.25, -0.2) is 10.2 Å². The fourth-order valence-corrected chi connectivity index (χ4v) is 2.46. The molecule has 1 aromatic heterocycles. The van der Waals surface area contributed by atoms with Crippen molar-refractivity contribution in [2.75, 3.05) is 20.3 Å². The summed E-state index contributed by atoms with van der Waals surface area (Å²) in [6.45, 7) is 2.30. The lowest BCUT2D eigenvalue weighted by Gasteiger charge is -2.04. The Bertz CT molecular complexity index is 1020. The number of hydrazone groups is 1. The van der Waals surface area contributed by atoms with Gasteiger partial charge in [0, 0.05) is 5.39 Å². The molecule has 1 N–H and O–H groups in total. The topological polar surface area (TPSA) is 99.4 Å². The second kappa shape index (κ2) is 9.41. The number of nitrogens with zero attached hydrogens (tertiary/aromatic N) is 1. The first kappa shape index (κ1) is 19.9. The molecule has 2 aromatic carbocycles. The van der Waals surface area contributed by atoms with Gasteiger partial charge in [-0.15, -0.1) is 0 Å². The first-order chi connectivity index (χ1) is 14.1. The predicted molar refractivity (Wildman–Crippen MR) is 106 cm³/mol. The number of hydrogen-bond acceptors (Lipinski definition) is 7. The highest BCUT2D eigenvalue weighted by molar-refractivity contribution is 5.96. The molecule has 0 saturated heterocycles. The van der Waals surface area contributed by atoms with Crippen LogP contribution in [0.15, 0.2) is 58.0 Å². The number of carbonyl (C=O) groups excluding carboxylic acids is 2. The number of rotatable bonds is 8. The van der Waals surface area contributed by atoms with Crippen LogP contribution in [0.25, 0.3) is 11.0 Å². The number of amides is 1. The van der Waals surface area contributed by atoms with E-state index < -0.39 is 11.9 Å². The fraction of sp³-hybridized carbons (Fsp3) is 0.190. The minimum absolute atomic E-state index is 0.150. The molecule has 0 atom stereocenters. The minimum Gasteiger partial charge on any atom is -0.494 e. The molecule has 0 fully saturated rings. The van der Waals surface area contributed by atoms with Crippen LogP contribution in [0.1, 0.15) is 23.0 Å². The number of nitrogens with one attached hydrogen (secondary N) is 1. The average molecular weight is 396 g/mol. The van der Waals surface area contributed by atoms with Crippen LogP contribution >= 0.6 is 0 Å². The summed E-state index contributed by atoms with van der Waals surface area (Å²) in [5, 5.41) is 4.70. The van der Waals surface area contributed by atoms with Gasteiger partial charge in [0.25, 0.3) is 0 Å². The summed E-state index contributed by atoms with van der Waals surface area (Å²) >= 11 is 0. The molecule has 0 bridgehead atoms. The molecule has 8 nitrogen and oxygen atoms in total. The summed E-state index contributed by atoms with van der Waals surface area (Å²) in [6, 6.07) is 13.8. The van der Waals surface area contributed by atoms with Crippen LogP contribution in [-0.2, 0) is 9.53 Å². The molecule has 3 rings (SSSR count). The molecule has 3 aromatic rings. The molecule has 0 saturated carbocycles. The number of ether oxygens (including phenoxy) is 3. The number of methoxy groups -OCH3 is 1. The zero-order valence-electron chi connectivity index (χ0n) is 16.0. The Balaban J connectivity index is 1.57. The summed E-state index contributed by atoms with van der Waals surface area (Å²) in [7, 11) is 1.29. The van der Waals surface area contributed by atoms with Crippen LogP contribution < -0.4 is 14.9 Å². The van der Waals surface area contributed by atoms with Gasteiger partial charge in [0.1, 0.15) is 17.1 Å². The largest absolute Gasteiger partial charge is 0.494 e. The van der Waals surface area contributed by atoms with Crippen LogP contribution in [0.2, 0.25) is 0 Å². The molecular formula is C21H20N2O6. The first-order valence-corrected chi connectivity index (χ1v) is 8.88. The molecule has 150 valence electrons. The van der Waals surface area contributed by atoms with E-state index in [-0.39, 0.29) is 12.4 Å². The molecule has 1 amide bonds. The third kappa shape index (κ3) is 5.35. The van der Waals surface area contributed by atoms with Gasteiger partial charge in [-0.3, -0.25) is 4.79 Å². The van der Waals surface area contributed by atoms with E-state index in [0.717, 1.165) is 10.9 Å². The van der Waals surface area contributed by atoms with Gasteiger partial charge in [-0.1, -0.05) is 0 Å². The van der Waals surface area contributed by atoms with Crippen molar-refractivity contribution >= 4 is 29.1 Å². The van der Waals surface area contributed by atoms with E-state index in [1.165, 1.54) is 13.3 Å². The van der Waals surface area contributed by atoms with Crippen molar-refractivity contribution in [1.29, 1.82) is 0 Å². The lowest BCUT2D eigenvalue weighted by atomic mass is 10.2. The second-order valence-electron chi connectivity index (χ2n) is 5.88. The molecule has 0 aliphatic carbocycles. The van der Waals surface area contributed by atoms with E-state index in [9.17, 15) is 9.59 Å². The zero-order chi connectivity index (χ0) is 20.6. The van der Waals surface area contributed by atoms with Gasteiger partial charge in [-0.2, -0.15) is 5.10 Å². The van der Waals surface area contributed by atoms with E-state index in [1.807, 2.05) is 13.0 Å². The van der Waals surface area contributed by atoms with Crippen molar-refractivity contribution in [2.24, 2.45) is 5.10 Å². The standard InChI is InChI=1S/C21H20N2O6/c1-3-27-17-8-9-18-15(10-17)11-19(29-18)21(25)23-22-12-14-4-6-16(7-5-14)28-13-20(24)26-2/h4-12H,3,13H2,1-2H3,(H,23,25)/b22-12+. The third-order valence-electron chi connectivity index (χ3n) is 3.87. The molecule has 1 heterocycles. The summed E-state index contributed by atoms with van der Waals surface area (Å²) in [4.78, 5) is 23.3. The van der Waals surface area contributed by atoms with Crippen LogP contribution in [0.4, 0.5) is 0 Å². The molecule has 0 aliphatic rings. The van der Waals surface area contributed by atoms with E-state index >= 15 is 0 Å². The van der Waals surface area contributed by atoms with Crippen molar-refractivity contribution in [3.05, 3.63) is 59.9 Å². The summed E-state index contributed by atoms with van der Waals surface area (Å²) < 4.78 is 20.7. The lowest BCUT2D eigenvalue weighted by molar-refractivity contribution is -0.142. The Morgan fingerprint density at radius 1 is 1.07 bits per heavy atom. The number of fused-ring (bicyclic) bond motifs is 1. The number of carbonyl (C=O) groups is 2. The van der Waals surface area contributed by atoms with E-state index in [4.69, 9.17) is 13.9 Å². The smallest absolute Gasteiger partial charge is 0.343 e. The van der Waals surface area contributed by atoms with E-state index in [0.29, 0.717) is 23.7 Å². The molecule has 0 spiro atoms. The summed E-state index contributed by atoms with van der Waals surface area (Å²) in [6.07, 6.45) is 1.48. The quantitative estimate of drug-likeness (QED) is 0.357. The fourth-order valence-electron chi connectivity index (χ4n) is 2.46. The van der Waals surface area contributed by atoms with Gasteiger partial charge in [0.15, 0.2) is 12.4 Å². The zero-order valence-corrected chi connectivity index (χ0v) is 16.0. The number of benzene rings is 2. The highest BCUT2D eigenvalue weighted by Crippen LogP contribution is 2.24. The SMILES string of the molecule is CCOc1ccc2oc(C(=O)N/N=C/c3ccc(OCC(=O)OC)cc3)cc2c1. The predicted octanol–water partition coefficient (Wildman–Crippen LogP) is 3.15. The Labute approximate surface area is 167 Å². The summed E-state index contributed by atoms with van der Waals surface area (Å²) in [5.74, 6) is 0.457. The maximum Gasteiger partial charge on any atom is 0.343 e. The van der Waals surface area contributed by atoms with Crippen molar-refractivity contribution < 1.29 is 28.2 Å². The monoisotopic (exact) mass is 396 g/mol.